The summed E-state index contributed by atoms with van der Waals surface area (Å²) in [6.07, 6.45) is -53.4. The summed E-state index contributed by atoms with van der Waals surface area (Å²) < 4.78 is 69.3. The highest BCUT2D eigenvalue weighted by Crippen LogP contribution is 2.37. The molecule has 6 aliphatic heterocycles. The number of hydrogen-bond donors (Lipinski definition) is 18. The zero-order valence-electron chi connectivity index (χ0n) is 40.9. The van der Waals surface area contributed by atoms with Crippen LogP contribution in [-0.4, -0.2) is 310 Å². The van der Waals surface area contributed by atoms with Crippen molar-refractivity contribution >= 4 is 5.91 Å². The van der Waals surface area contributed by atoms with Crippen molar-refractivity contribution in [3.63, 3.8) is 0 Å². The van der Waals surface area contributed by atoms with Gasteiger partial charge in [0.05, 0.1) is 45.7 Å². The lowest BCUT2D eigenvalue weighted by atomic mass is 9.94. The van der Waals surface area contributed by atoms with Gasteiger partial charge in [0.15, 0.2) is 37.7 Å². The molecule has 0 radical (unpaired) electrons. The maximum atomic E-state index is 12.8. The topological polar surface area (TPSA) is 484 Å². The zero-order chi connectivity index (χ0) is 55.4. The van der Waals surface area contributed by atoms with E-state index in [1.165, 1.54) is 6.92 Å². The normalized spacial score (nSPS) is 48.3. The lowest BCUT2D eigenvalue weighted by Gasteiger charge is -2.51. The molecule has 1 aromatic rings. The van der Waals surface area contributed by atoms with Gasteiger partial charge in [0.1, 0.15) is 140 Å². The van der Waals surface area contributed by atoms with Crippen molar-refractivity contribution in [3.8, 4) is 0 Å². The zero-order valence-corrected chi connectivity index (χ0v) is 40.9. The molecule has 6 saturated heterocycles. The van der Waals surface area contributed by atoms with Crippen LogP contribution in [0.15, 0.2) is 30.3 Å². The minimum absolute atomic E-state index is 0.0545. The average Bonchev–Trinajstić information content (AvgIpc) is 3.41. The van der Waals surface area contributed by atoms with Crippen molar-refractivity contribution in [2.45, 2.75) is 205 Å². The molecule has 7 rings (SSSR count). The molecule has 0 aromatic heterocycles. The fourth-order valence-corrected chi connectivity index (χ4v) is 9.72. The summed E-state index contributed by atoms with van der Waals surface area (Å²) >= 11 is 0. The minimum atomic E-state index is -2.21. The van der Waals surface area contributed by atoms with Crippen LogP contribution < -0.4 is 5.32 Å². The Morgan fingerprint density at radius 2 is 0.829 bits per heavy atom. The molecule has 436 valence electrons. The molecule has 6 heterocycles. The number of rotatable bonds is 19. The van der Waals surface area contributed by atoms with E-state index in [0.717, 1.165) is 6.92 Å². The number of aliphatic hydroxyl groups excluding tert-OH is 17. The number of carbonyl (C=O) groups excluding carboxylic acids is 1. The molecule has 0 unspecified atom stereocenters. The van der Waals surface area contributed by atoms with E-state index in [9.17, 15) is 91.6 Å². The number of ether oxygens (including phenoxy) is 12. The van der Waals surface area contributed by atoms with E-state index in [2.05, 4.69) is 5.32 Å². The van der Waals surface area contributed by atoms with E-state index in [1.54, 1.807) is 30.3 Å². The van der Waals surface area contributed by atoms with Gasteiger partial charge in [-0.15, -0.1) is 0 Å². The summed E-state index contributed by atoms with van der Waals surface area (Å²) in [6.45, 7) is -2.51. The monoisotopic (exact) mass is 1110 g/mol. The van der Waals surface area contributed by atoms with E-state index in [1.807, 2.05) is 0 Å². The predicted molar refractivity (Wildman–Crippen MR) is 238 cm³/mol. The van der Waals surface area contributed by atoms with Crippen LogP contribution in [0.4, 0.5) is 0 Å². The lowest BCUT2D eigenvalue weighted by Crippen LogP contribution is -2.70. The predicted octanol–water partition coefficient (Wildman–Crippen LogP) is -10.7. The number of carbonyl (C=O) groups is 1. The van der Waals surface area contributed by atoms with Crippen molar-refractivity contribution < 1.29 is 148 Å². The quantitative estimate of drug-likeness (QED) is 0.0612. The second-order valence-corrected chi connectivity index (χ2v) is 19.3. The molecule has 18 N–H and O–H groups in total. The van der Waals surface area contributed by atoms with Gasteiger partial charge in [0.25, 0.3) is 0 Å². The Balaban J connectivity index is 1.07. The third-order valence-electron chi connectivity index (χ3n) is 14.0. The van der Waals surface area contributed by atoms with Crippen LogP contribution in [0, 0.1) is 0 Å². The number of amides is 1. The SMILES string of the molecule is CC(=O)N[C@H]1[C@H](O[C@H]2[C@@H](O)[C@@H](CO)O[C@H](O[C@@H]3[C@H](O)[C@@H](O)[C@H](O[C@H]4[C@H](O)[C@@H](O)[C@H](OCc5ccccc5)O[C@@H]4CO)O[C@@H]3CO)[C@@H]2O)O[C@H](CO)[C@H](O)[C@@H]1O[C@@H]1O[C@H](CO)[C@H](O)[C@H](O)[C@H]1O[C@@H]1O[C@@H](C)[C@@H](O)[C@@H](O)[C@@H]1O. The van der Waals surface area contributed by atoms with Gasteiger partial charge in [0, 0.05) is 6.92 Å². The van der Waals surface area contributed by atoms with E-state index in [0.29, 0.717) is 5.56 Å². The Hall–Kier alpha value is -2.47. The van der Waals surface area contributed by atoms with Gasteiger partial charge in [0.2, 0.25) is 5.91 Å². The summed E-state index contributed by atoms with van der Waals surface area (Å²) in [6, 6.07) is 6.95. The molecule has 0 spiro atoms. The number of aliphatic hydroxyl groups is 17. The Bertz CT molecular complexity index is 1930. The van der Waals surface area contributed by atoms with Gasteiger partial charge < -0.3 is 149 Å². The Kier molecular flexibility index (Phi) is 21.6. The van der Waals surface area contributed by atoms with Crippen LogP contribution in [0.25, 0.3) is 0 Å². The number of hydrogen-bond acceptors (Lipinski definition) is 30. The molecule has 76 heavy (non-hydrogen) atoms. The molecular weight excluding hydrogens is 1030 g/mol. The highest BCUT2D eigenvalue weighted by molar-refractivity contribution is 5.73. The average molecular weight is 1110 g/mol. The number of nitrogens with one attached hydrogen (secondary N) is 1. The second-order valence-electron chi connectivity index (χ2n) is 19.3. The highest BCUT2D eigenvalue weighted by Gasteiger charge is 2.58. The molecule has 0 aliphatic carbocycles. The fourth-order valence-electron chi connectivity index (χ4n) is 9.72. The Morgan fingerprint density at radius 1 is 0.421 bits per heavy atom. The fraction of sp³-hybridized carbons (Fsp3) is 0.844. The third-order valence-corrected chi connectivity index (χ3v) is 14.0. The van der Waals surface area contributed by atoms with Gasteiger partial charge in [-0.2, -0.15) is 0 Å². The van der Waals surface area contributed by atoms with E-state index < -0.39 is 223 Å². The molecule has 30 atom stereocenters. The molecule has 0 saturated carbocycles. The summed E-state index contributed by atoms with van der Waals surface area (Å²) in [4.78, 5) is 12.8. The molecule has 0 bridgehead atoms. The third kappa shape index (κ3) is 13.1. The van der Waals surface area contributed by atoms with Crippen molar-refractivity contribution in [2.24, 2.45) is 0 Å². The molecule has 6 fully saturated rings. The largest absolute Gasteiger partial charge is 0.394 e. The maximum absolute atomic E-state index is 12.8. The van der Waals surface area contributed by atoms with Crippen LogP contribution in [0.5, 0.6) is 0 Å². The first kappa shape index (κ1) is 61.2. The van der Waals surface area contributed by atoms with Gasteiger partial charge >= 0.3 is 0 Å². The minimum Gasteiger partial charge on any atom is -0.394 e. The Labute approximate surface area is 432 Å². The molecule has 1 amide bonds. The highest BCUT2D eigenvalue weighted by atomic mass is 16.8. The first-order chi connectivity index (χ1) is 36.2. The first-order valence-corrected chi connectivity index (χ1v) is 24.5. The smallest absolute Gasteiger partial charge is 0.217 e. The van der Waals surface area contributed by atoms with Gasteiger partial charge in [-0.1, -0.05) is 30.3 Å². The summed E-state index contributed by atoms with van der Waals surface area (Å²) in [7, 11) is 0. The summed E-state index contributed by atoms with van der Waals surface area (Å²) in [5.41, 5.74) is 0.696. The van der Waals surface area contributed by atoms with Crippen LogP contribution in [0.3, 0.4) is 0 Å². The molecular formula is C45H71NO30. The summed E-state index contributed by atoms with van der Waals surface area (Å²) in [5, 5.41) is 187. The molecule has 31 heteroatoms. The Morgan fingerprint density at radius 3 is 1.39 bits per heavy atom. The van der Waals surface area contributed by atoms with Gasteiger partial charge in [-0.25, -0.2) is 0 Å². The standard InChI is InChI=1S/C45H71NO30/c1-14-23(53)27(57)31(61)42(66-14)76-39-28(58)24(54)17(8-47)69-45(39)74-37-22(46-15(2)52)40(67-18(9-48)25(37)55)75-38-26(56)19(10-49)68-44(34(38)64)73-36-21(12-51)71-43(33(63)30(36)60)72-35-20(11-50)70-41(32(62)29(35)59)65-13-16-6-4-3-5-7-16/h3-7,14,17-45,47-51,53-64H,8-13H2,1-2H3,(H,46,52)/t14-,17+,18+,19+,20+,21+,22+,23+,24-,25-,26-,27+,28-,29+,30+,31-,32+,33+,34+,35+,36-,37+,38-,39+,40-,41+,42-,43-,44+,45-/m0/s1. The van der Waals surface area contributed by atoms with E-state index in [4.69, 9.17) is 56.8 Å². The lowest BCUT2D eigenvalue weighted by molar-refractivity contribution is -0.393. The van der Waals surface area contributed by atoms with Crippen molar-refractivity contribution in [1.29, 1.82) is 0 Å². The molecule has 6 aliphatic rings. The first-order valence-electron chi connectivity index (χ1n) is 24.5. The van der Waals surface area contributed by atoms with Crippen LogP contribution in [0.2, 0.25) is 0 Å². The van der Waals surface area contributed by atoms with Crippen molar-refractivity contribution in [1.82, 2.24) is 5.32 Å². The number of benzene rings is 1. The van der Waals surface area contributed by atoms with E-state index >= 15 is 0 Å². The molecule has 1 aromatic carbocycles. The van der Waals surface area contributed by atoms with E-state index in [-0.39, 0.29) is 6.61 Å². The van der Waals surface area contributed by atoms with Gasteiger partial charge in [-0.3, -0.25) is 4.79 Å². The molecule has 31 nitrogen and oxygen atoms in total. The van der Waals surface area contributed by atoms with Crippen LogP contribution >= 0.6 is 0 Å². The van der Waals surface area contributed by atoms with Crippen molar-refractivity contribution in [3.05, 3.63) is 35.9 Å². The summed E-state index contributed by atoms with van der Waals surface area (Å²) in [5.74, 6) is -0.859. The maximum Gasteiger partial charge on any atom is 0.217 e. The second kappa shape index (κ2) is 26.9. The van der Waals surface area contributed by atoms with Crippen LogP contribution in [0.1, 0.15) is 19.4 Å². The van der Waals surface area contributed by atoms with Crippen LogP contribution in [-0.2, 0) is 68.2 Å². The van der Waals surface area contributed by atoms with Gasteiger partial charge in [-0.05, 0) is 12.5 Å². The van der Waals surface area contributed by atoms with Crippen molar-refractivity contribution in [2.75, 3.05) is 33.0 Å².